The van der Waals surface area contributed by atoms with Crippen LogP contribution in [0.5, 0.6) is 0 Å². The first-order chi connectivity index (χ1) is 12.9. The molecule has 0 aliphatic carbocycles. The number of nitrogens with one attached hydrogen (secondary N) is 1. The molecule has 0 bridgehead atoms. The summed E-state index contributed by atoms with van der Waals surface area (Å²) in [4.78, 5) is 63.0. The molecule has 0 saturated carbocycles. The van der Waals surface area contributed by atoms with Crippen molar-refractivity contribution < 1.29 is 48.1 Å². The number of nitrogens with zero attached hydrogens (tertiary/aromatic N) is 1. The summed E-state index contributed by atoms with van der Waals surface area (Å²) < 4.78 is 14.5. The van der Waals surface area contributed by atoms with Gasteiger partial charge in [0.2, 0.25) is 0 Å². The van der Waals surface area contributed by atoms with Crippen LogP contribution in [0.4, 0.5) is 14.4 Å². The predicted molar refractivity (Wildman–Crippen MR) is 96.6 cm³/mol. The Bertz CT molecular complexity index is 648. The van der Waals surface area contributed by atoms with Gasteiger partial charge in [0.15, 0.2) is 6.04 Å². The second-order valence-electron chi connectivity index (χ2n) is 7.95. The van der Waals surface area contributed by atoms with Crippen molar-refractivity contribution in [2.45, 2.75) is 78.7 Å². The summed E-state index contributed by atoms with van der Waals surface area (Å²) in [6.07, 6.45) is -4.08. The lowest BCUT2D eigenvalue weighted by Crippen LogP contribution is -2.49. The lowest BCUT2D eigenvalue weighted by Gasteiger charge is -2.28. The number of carbonyl (C=O) groups is 5. The third kappa shape index (κ3) is 10.8. The van der Waals surface area contributed by atoms with Gasteiger partial charge in [-0.25, -0.2) is 24.0 Å². The third-order valence-corrected chi connectivity index (χ3v) is 2.73. The van der Waals surface area contributed by atoms with Crippen molar-refractivity contribution in [2.75, 3.05) is 0 Å². The SMILES string of the molecule is C[C@H](NC(=O)OC(C)(C)C)C(=O)OC(=O)[C@H](C)N(OC(=O)O)C(=O)OC(C)(C)C. The molecule has 0 aromatic rings. The Kier molecular flexibility index (Phi) is 8.89. The molecule has 2 amide bonds. The van der Waals surface area contributed by atoms with Crippen LogP contribution < -0.4 is 5.32 Å². The Morgan fingerprint density at radius 1 is 0.862 bits per heavy atom. The zero-order chi connectivity index (χ0) is 23.2. The van der Waals surface area contributed by atoms with Crippen LogP contribution in [0, 0.1) is 0 Å². The van der Waals surface area contributed by atoms with E-state index in [1.807, 2.05) is 0 Å². The Morgan fingerprint density at radius 3 is 1.76 bits per heavy atom. The summed E-state index contributed by atoms with van der Waals surface area (Å²) in [5.41, 5.74) is -1.82. The predicted octanol–water partition coefficient (Wildman–Crippen LogP) is 2.20. The number of alkyl carbamates (subject to hydrolysis) is 1. The molecule has 12 nitrogen and oxygen atoms in total. The number of hydrogen-bond donors (Lipinski definition) is 2. The monoisotopic (exact) mass is 420 g/mol. The molecular weight excluding hydrogens is 392 g/mol. The lowest BCUT2D eigenvalue weighted by molar-refractivity contribution is -0.178. The molecule has 0 rings (SSSR count). The van der Waals surface area contributed by atoms with Gasteiger partial charge in [-0.1, -0.05) is 0 Å². The Morgan fingerprint density at radius 2 is 1.34 bits per heavy atom. The van der Waals surface area contributed by atoms with E-state index in [4.69, 9.17) is 14.6 Å². The van der Waals surface area contributed by atoms with Gasteiger partial charge in [-0.2, -0.15) is 0 Å². The Hall–Kier alpha value is -3.05. The molecular formula is C17H28N2O10. The smallest absolute Gasteiger partial charge is 0.448 e. The maximum Gasteiger partial charge on any atom is 0.531 e. The largest absolute Gasteiger partial charge is 0.531 e. The van der Waals surface area contributed by atoms with Gasteiger partial charge in [-0.15, -0.1) is 5.06 Å². The lowest BCUT2D eigenvalue weighted by atomic mass is 10.2. The standard InChI is InChI=1S/C17H28N2O10/c1-9(18-13(22)27-16(3,4)5)11(20)26-12(21)10(2)19(29-15(24)25)14(23)28-17(6,7)8/h9-10H,1-8H3,(H,18,22)(H,24,25)/t9-,10-/m0/s1. The van der Waals surface area contributed by atoms with Crippen molar-refractivity contribution >= 4 is 30.3 Å². The number of carbonyl (C=O) groups excluding carboxylic acids is 4. The Labute approximate surface area is 168 Å². The van der Waals surface area contributed by atoms with Crippen molar-refractivity contribution in [3.63, 3.8) is 0 Å². The van der Waals surface area contributed by atoms with Gasteiger partial charge in [0, 0.05) is 0 Å². The van der Waals surface area contributed by atoms with Gasteiger partial charge in [-0.3, -0.25) is 4.84 Å². The summed E-state index contributed by atoms with van der Waals surface area (Å²) in [6, 6.07) is -2.92. The van der Waals surface area contributed by atoms with Crippen LogP contribution in [-0.2, 0) is 28.6 Å². The van der Waals surface area contributed by atoms with E-state index < -0.39 is 53.6 Å². The zero-order valence-corrected chi connectivity index (χ0v) is 17.7. The molecule has 166 valence electrons. The minimum atomic E-state index is -1.89. The maximum atomic E-state index is 12.2. The Balaban J connectivity index is 5.07. The fourth-order valence-corrected chi connectivity index (χ4v) is 1.58. The molecule has 2 N–H and O–H groups in total. The molecule has 0 aromatic heterocycles. The summed E-state index contributed by atoms with van der Waals surface area (Å²) in [6.45, 7) is 11.7. The number of amides is 2. The van der Waals surface area contributed by atoms with Gasteiger partial charge in [0.25, 0.3) is 0 Å². The van der Waals surface area contributed by atoms with Crippen molar-refractivity contribution in [3.8, 4) is 0 Å². The number of esters is 2. The normalized spacial score (nSPS) is 13.4. The fourth-order valence-electron chi connectivity index (χ4n) is 1.58. The average Bonchev–Trinajstić information content (AvgIpc) is 2.47. The molecule has 0 aliphatic rings. The van der Waals surface area contributed by atoms with Crippen molar-refractivity contribution in [2.24, 2.45) is 0 Å². The maximum absolute atomic E-state index is 12.2. The van der Waals surface area contributed by atoms with Gasteiger partial charge < -0.3 is 24.6 Å². The number of hydrogen-bond acceptors (Lipinski definition) is 9. The van der Waals surface area contributed by atoms with Gasteiger partial charge in [0.1, 0.15) is 17.2 Å². The summed E-state index contributed by atoms with van der Waals surface area (Å²) in [5.74, 6) is -2.47. The van der Waals surface area contributed by atoms with Crippen LogP contribution in [0.15, 0.2) is 0 Å². The molecule has 0 heterocycles. The first kappa shape index (κ1) is 26.0. The molecule has 2 atom stereocenters. The molecule has 0 fully saturated rings. The molecule has 29 heavy (non-hydrogen) atoms. The minimum absolute atomic E-state index is 0.120. The van der Waals surface area contributed by atoms with Crippen LogP contribution in [-0.4, -0.2) is 63.7 Å². The van der Waals surface area contributed by atoms with Crippen molar-refractivity contribution in [1.82, 2.24) is 10.4 Å². The van der Waals surface area contributed by atoms with Crippen LogP contribution in [0.25, 0.3) is 0 Å². The third-order valence-electron chi connectivity index (χ3n) is 2.73. The van der Waals surface area contributed by atoms with E-state index in [1.54, 1.807) is 20.8 Å². The van der Waals surface area contributed by atoms with Crippen molar-refractivity contribution in [1.29, 1.82) is 0 Å². The quantitative estimate of drug-likeness (QED) is 0.299. The van der Waals surface area contributed by atoms with E-state index in [1.165, 1.54) is 27.7 Å². The molecule has 0 unspecified atom stereocenters. The number of carboxylic acid groups (broad SMARTS) is 1. The van der Waals surface area contributed by atoms with E-state index in [0.717, 1.165) is 6.92 Å². The van der Waals surface area contributed by atoms with Crippen molar-refractivity contribution in [3.05, 3.63) is 0 Å². The van der Waals surface area contributed by atoms with E-state index in [2.05, 4.69) is 14.9 Å². The summed E-state index contributed by atoms with van der Waals surface area (Å²) >= 11 is 0. The first-order valence-electron chi connectivity index (χ1n) is 8.61. The fraction of sp³-hybridized carbons (Fsp3) is 0.706. The van der Waals surface area contributed by atoms with E-state index in [9.17, 15) is 24.0 Å². The second kappa shape index (κ2) is 9.94. The molecule has 12 heteroatoms. The molecule has 0 aromatic carbocycles. The summed E-state index contributed by atoms with van der Waals surface area (Å²) in [7, 11) is 0. The van der Waals surface area contributed by atoms with E-state index in [-0.39, 0.29) is 5.06 Å². The second-order valence-corrected chi connectivity index (χ2v) is 7.95. The molecule has 0 radical (unpaired) electrons. The van der Waals surface area contributed by atoms with Gasteiger partial charge >= 0.3 is 30.3 Å². The van der Waals surface area contributed by atoms with Gasteiger partial charge in [-0.05, 0) is 55.4 Å². The highest BCUT2D eigenvalue weighted by atomic mass is 16.8. The summed E-state index contributed by atoms with van der Waals surface area (Å²) in [5, 5.41) is 11.1. The topological polar surface area (TPSA) is 158 Å². The van der Waals surface area contributed by atoms with Crippen LogP contribution in [0.1, 0.15) is 55.4 Å². The van der Waals surface area contributed by atoms with Crippen LogP contribution >= 0.6 is 0 Å². The number of rotatable bonds is 4. The minimum Gasteiger partial charge on any atom is -0.448 e. The average molecular weight is 420 g/mol. The highest BCUT2D eigenvalue weighted by Gasteiger charge is 2.36. The molecule has 0 spiro atoms. The number of ether oxygens (including phenoxy) is 3. The van der Waals surface area contributed by atoms with Gasteiger partial charge in [0.05, 0.1) is 0 Å². The molecule has 0 aliphatic heterocycles. The highest BCUT2D eigenvalue weighted by Crippen LogP contribution is 2.14. The molecule has 0 saturated heterocycles. The highest BCUT2D eigenvalue weighted by molar-refractivity contribution is 5.93. The van der Waals surface area contributed by atoms with Crippen LogP contribution in [0.2, 0.25) is 0 Å². The zero-order valence-electron chi connectivity index (χ0n) is 17.7. The van der Waals surface area contributed by atoms with E-state index in [0.29, 0.717) is 0 Å². The number of hydroxylamine groups is 2. The first-order valence-corrected chi connectivity index (χ1v) is 8.61. The van der Waals surface area contributed by atoms with E-state index >= 15 is 0 Å². The van der Waals surface area contributed by atoms with Crippen LogP contribution in [0.3, 0.4) is 0 Å².